The lowest BCUT2D eigenvalue weighted by Crippen LogP contribution is -2.35. The summed E-state index contributed by atoms with van der Waals surface area (Å²) in [4.78, 5) is 25.7. The van der Waals surface area contributed by atoms with E-state index < -0.39 is 6.04 Å². The van der Waals surface area contributed by atoms with Crippen molar-refractivity contribution in [1.82, 2.24) is 10.2 Å². The number of amides is 2. The predicted molar refractivity (Wildman–Crippen MR) is 107 cm³/mol. The number of para-hydroxylation sites is 1. The summed E-state index contributed by atoms with van der Waals surface area (Å²) in [5, 5.41) is 3.44. The number of carbonyl (C=O) groups excluding carboxylic acids is 2. The summed E-state index contributed by atoms with van der Waals surface area (Å²) in [5.74, 6) is 0.556. The molecule has 0 radical (unpaired) electrons. The Morgan fingerprint density at radius 2 is 1.81 bits per heavy atom. The first-order valence-electron chi connectivity index (χ1n) is 8.81. The fourth-order valence-corrected chi connectivity index (χ4v) is 2.78. The fraction of sp³-hybridized carbons (Fsp3) is 0.333. The second kappa shape index (κ2) is 9.97. The Morgan fingerprint density at radius 3 is 2.44 bits per heavy atom. The number of nitrogens with one attached hydrogen (secondary N) is 1. The summed E-state index contributed by atoms with van der Waals surface area (Å²) in [6.07, 6.45) is 0.169. The third-order valence-corrected chi connectivity index (χ3v) is 4.48. The van der Waals surface area contributed by atoms with E-state index in [1.807, 2.05) is 43.3 Å². The van der Waals surface area contributed by atoms with Crippen LogP contribution in [0.5, 0.6) is 5.75 Å². The van der Waals surface area contributed by atoms with Gasteiger partial charge in [0.15, 0.2) is 0 Å². The van der Waals surface area contributed by atoms with Crippen molar-refractivity contribution in [2.24, 2.45) is 0 Å². The Bertz CT molecular complexity index is 777. The zero-order valence-corrected chi connectivity index (χ0v) is 16.6. The van der Waals surface area contributed by atoms with Crippen molar-refractivity contribution >= 4 is 23.4 Å². The number of ether oxygens (including phenoxy) is 1. The number of rotatable bonds is 8. The number of hydrogen-bond donors (Lipinski definition) is 1. The summed E-state index contributed by atoms with van der Waals surface area (Å²) in [7, 11) is 1.73. The molecule has 144 valence electrons. The average Bonchev–Trinajstić information content (AvgIpc) is 2.63. The molecule has 0 saturated heterocycles. The summed E-state index contributed by atoms with van der Waals surface area (Å²) in [5.41, 5.74) is 1.90. The lowest BCUT2D eigenvalue weighted by atomic mass is 10.0. The van der Waals surface area contributed by atoms with Crippen LogP contribution >= 0.6 is 11.6 Å². The lowest BCUT2D eigenvalue weighted by molar-refractivity contribution is -0.131. The molecule has 2 amide bonds. The number of benzene rings is 2. The zero-order valence-electron chi connectivity index (χ0n) is 15.9. The number of nitrogens with zero attached hydrogens (tertiary/aromatic N) is 1. The normalized spacial score (nSPS) is 11.6. The van der Waals surface area contributed by atoms with Crippen LogP contribution in [-0.4, -0.2) is 36.9 Å². The van der Waals surface area contributed by atoms with Crippen molar-refractivity contribution in [2.75, 3.05) is 20.2 Å². The standard InChI is InChI=1S/C21H25ClN2O3/c1-15-6-4-5-7-20(15)27-13-12-24(3)21(26)14-19(23-16(2)25)17-8-10-18(22)11-9-17/h4-11,19H,12-14H2,1-3H3,(H,23,25). The van der Waals surface area contributed by atoms with Crippen LogP contribution in [0.25, 0.3) is 0 Å². The van der Waals surface area contributed by atoms with E-state index in [1.165, 1.54) is 6.92 Å². The van der Waals surface area contributed by atoms with E-state index in [-0.39, 0.29) is 18.2 Å². The minimum atomic E-state index is -0.396. The number of hydrogen-bond acceptors (Lipinski definition) is 3. The molecule has 0 fully saturated rings. The molecular weight excluding hydrogens is 364 g/mol. The largest absolute Gasteiger partial charge is 0.491 e. The highest BCUT2D eigenvalue weighted by molar-refractivity contribution is 6.30. The van der Waals surface area contributed by atoms with Crippen LogP contribution in [0, 0.1) is 6.92 Å². The molecule has 27 heavy (non-hydrogen) atoms. The first-order chi connectivity index (χ1) is 12.9. The quantitative estimate of drug-likeness (QED) is 0.749. The topological polar surface area (TPSA) is 58.6 Å². The molecule has 1 unspecified atom stereocenters. The lowest BCUT2D eigenvalue weighted by Gasteiger charge is -2.23. The molecule has 0 aliphatic heterocycles. The van der Waals surface area contributed by atoms with Gasteiger partial charge in [-0.05, 0) is 36.2 Å². The van der Waals surface area contributed by atoms with Gasteiger partial charge in [0, 0.05) is 19.0 Å². The van der Waals surface area contributed by atoms with Gasteiger partial charge >= 0.3 is 0 Å². The highest BCUT2D eigenvalue weighted by Crippen LogP contribution is 2.20. The highest BCUT2D eigenvalue weighted by Gasteiger charge is 2.19. The van der Waals surface area contributed by atoms with Gasteiger partial charge in [-0.2, -0.15) is 0 Å². The minimum absolute atomic E-state index is 0.0721. The van der Waals surface area contributed by atoms with Gasteiger partial charge in [0.1, 0.15) is 12.4 Å². The second-order valence-electron chi connectivity index (χ2n) is 6.44. The molecule has 6 heteroatoms. The van der Waals surface area contributed by atoms with Crippen molar-refractivity contribution in [3.05, 3.63) is 64.7 Å². The van der Waals surface area contributed by atoms with Gasteiger partial charge in [-0.3, -0.25) is 9.59 Å². The summed E-state index contributed by atoms with van der Waals surface area (Å²) in [6.45, 7) is 4.28. The van der Waals surface area contributed by atoms with Crippen LogP contribution in [-0.2, 0) is 9.59 Å². The van der Waals surface area contributed by atoms with Crippen LogP contribution in [0.15, 0.2) is 48.5 Å². The molecule has 1 N–H and O–H groups in total. The van der Waals surface area contributed by atoms with Gasteiger partial charge in [0.25, 0.3) is 0 Å². The van der Waals surface area contributed by atoms with Crippen molar-refractivity contribution in [3.8, 4) is 5.75 Å². The average molecular weight is 389 g/mol. The van der Waals surface area contributed by atoms with Gasteiger partial charge in [-0.25, -0.2) is 0 Å². The number of likely N-dealkylation sites (N-methyl/N-ethyl adjacent to an activating group) is 1. The first kappa shape index (κ1) is 20.8. The van der Waals surface area contributed by atoms with Gasteiger partial charge < -0.3 is 15.0 Å². The third-order valence-electron chi connectivity index (χ3n) is 4.23. The van der Waals surface area contributed by atoms with E-state index in [9.17, 15) is 9.59 Å². The number of halogens is 1. The molecule has 5 nitrogen and oxygen atoms in total. The van der Waals surface area contributed by atoms with Crippen LogP contribution in [0.2, 0.25) is 5.02 Å². The van der Waals surface area contributed by atoms with Crippen LogP contribution < -0.4 is 10.1 Å². The fourth-order valence-electron chi connectivity index (χ4n) is 2.66. The van der Waals surface area contributed by atoms with E-state index >= 15 is 0 Å². The van der Waals surface area contributed by atoms with Crippen molar-refractivity contribution in [3.63, 3.8) is 0 Å². The van der Waals surface area contributed by atoms with Crippen molar-refractivity contribution in [2.45, 2.75) is 26.3 Å². The molecule has 0 heterocycles. The monoisotopic (exact) mass is 388 g/mol. The van der Waals surface area contributed by atoms with E-state index in [0.717, 1.165) is 16.9 Å². The zero-order chi connectivity index (χ0) is 19.8. The maximum absolute atomic E-state index is 12.6. The maximum Gasteiger partial charge on any atom is 0.224 e. The number of carbonyl (C=O) groups is 2. The van der Waals surface area contributed by atoms with E-state index in [2.05, 4.69) is 5.32 Å². The van der Waals surface area contributed by atoms with Crippen molar-refractivity contribution in [1.29, 1.82) is 0 Å². The molecule has 0 bridgehead atoms. The minimum Gasteiger partial charge on any atom is -0.491 e. The molecule has 0 aliphatic rings. The van der Waals surface area contributed by atoms with E-state index in [4.69, 9.17) is 16.3 Å². The van der Waals surface area contributed by atoms with E-state index in [1.54, 1.807) is 24.1 Å². The highest BCUT2D eigenvalue weighted by atomic mass is 35.5. The third kappa shape index (κ3) is 6.61. The van der Waals surface area contributed by atoms with Gasteiger partial charge in [-0.15, -0.1) is 0 Å². The predicted octanol–water partition coefficient (Wildman–Crippen LogP) is 3.75. The van der Waals surface area contributed by atoms with Gasteiger partial charge in [-0.1, -0.05) is 41.9 Å². The van der Waals surface area contributed by atoms with Crippen molar-refractivity contribution < 1.29 is 14.3 Å². The summed E-state index contributed by atoms with van der Waals surface area (Å²) in [6, 6.07) is 14.5. The molecule has 2 rings (SSSR count). The van der Waals surface area contributed by atoms with Gasteiger partial charge in [0.2, 0.25) is 11.8 Å². The maximum atomic E-state index is 12.6. The molecule has 0 spiro atoms. The van der Waals surface area contributed by atoms with Crippen LogP contribution in [0.1, 0.15) is 30.5 Å². The SMILES string of the molecule is CC(=O)NC(CC(=O)N(C)CCOc1ccccc1C)c1ccc(Cl)cc1. The Balaban J connectivity index is 1.92. The number of aryl methyl sites for hydroxylation is 1. The van der Waals surface area contributed by atoms with Crippen LogP contribution in [0.4, 0.5) is 0 Å². The summed E-state index contributed by atoms with van der Waals surface area (Å²) >= 11 is 5.92. The Labute approximate surface area is 165 Å². The van der Waals surface area contributed by atoms with Crippen LogP contribution in [0.3, 0.4) is 0 Å². The molecule has 0 saturated carbocycles. The summed E-state index contributed by atoms with van der Waals surface area (Å²) < 4.78 is 5.75. The molecule has 1 atom stereocenters. The molecule has 2 aromatic carbocycles. The van der Waals surface area contributed by atoms with Gasteiger partial charge in [0.05, 0.1) is 19.0 Å². The molecule has 2 aromatic rings. The van der Waals surface area contributed by atoms with E-state index in [0.29, 0.717) is 18.2 Å². The molecule has 0 aliphatic carbocycles. The Hall–Kier alpha value is -2.53. The molecule has 0 aromatic heterocycles. The Morgan fingerprint density at radius 1 is 1.15 bits per heavy atom. The molecular formula is C21H25ClN2O3. The second-order valence-corrected chi connectivity index (χ2v) is 6.87. The Kier molecular flexibility index (Phi) is 7.67. The smallest absolute Gasteiger partial charge is 0.224 e. The first-order valence-corrected chi connectivity index (χ1v) is 9.19.